The topological polar surface area (TPSA) is 80.6 Å². The normalized spacial score (nSPS) is 15.1. The van der Waals surface area contributed by atoms with Gasteiger partial charge in [-0.15, -0.1) is 12.4 Å². The number of para-hydroxylation sites is 1. The number of ether oxygens (including phenoxy) is 2. The molecule has 1 amide bonds. The first-order valence-corrected chi connectivity index (χ1v) is 11.1. The number of rotatable bonds is 9. The molecule has 0 spiro atoms. The number of carbonyl (C=O) groups excluding carboxylic acids is 1. The van der Waals surface area contributed by atoms with Crippen LogP contribution < -0.4 is 15.2 Å². The summed E-state index contributed by atoms with van der Waals surface area (Å²) in [6.45, 7) is 4.34. The number of aryl methyl sites for hydroxylation is 1. The van der Waals surface area contributed by atoms with Crippen LogP contribution in [0.25, 0.3) is 10.9 Å². The van der Waals surface area contributed by atoms with Crippen LogP contribution in [-0.2, 0) is 12.8 Å². The maximum atomic E-state index is 14.2. The third kappa shape index (κ3) is 5.09. The van der Waals surface area contributed by atoms with Gasteiger partial charge in [0.2, 0.25) is 5.91 Å². The van der Waals surface area contributed by atoms with E-state index in [1.165, 1.54) is 23.1 Å². The van der Waals surface area contributed by atoms with Gasteiger partial charge in [-0.25, -0.2) is 4.39 Å². The number of amides is 1. The molecular weight excluding hydrogens is 445 g/mol. The zero-order valence-electron chi connectivity index (χ0n) is 19.0. The van der Waals surface area contributed by atoms with Gasteiger partial charge in [-0.1, -0.05) is 19.1 Å². The zero-order valence-corrected chi connectivity index (χ0v) is 19.8. The Morgan fingerprint density at radius 2 is 2.12 bits per heavy atom. The number of fused-ring (bicyclic) bond motifs is 2. The summed E-state index contributed by atoms with van der Waals surface area (Å²) in [5.41, 5.74) is 8.74. The average molecular weight is 476 g/mol. The Hall–Kier alpha value is -2.77. The highest BCUT2D eigenvalue weighted by molar-refractivity contribution is 5.95. The molecule has 4 rings (SSSR count). The summed E-state index contributed by atoms with van der Waals surface area (Å²) in [5, 5.41) is 1.18. The summed E-state index contributed by atoms with van der Waals surface area (Å²) in [7, 11) is 1.68. The predicted octanol–water partition coefficient (Wildman–Crippen LogP) is 4.48. The fourth-order valence-corrected chi connectivity index (χ4v) is 4.70. The van der Waals surface area contributed by atoms with E-state index in [1.54, 1.807) is 7.11 Å². The van der Waals surface area contributed by atoms with Crippen molar-refractivity contribution >= 4 is 29.2 Å². The number of nitrogens with two attached hydrogens (primary N) is 1. The number of methoxy groups -OCH3 is 1. The standard InChI is InChI=1S/C25H30FN3O3.ClH/c1-3-11-29(12-5-6-16-14-28-23-18(16)7-4-8-22(23)31-2)17-13-20-19(25(27)30)9-10-21(26)24(20)32-15-17;/h4,7-10,14,17,28H,3,5-6,11-13,15H2,1-2H3,(H2,27,30);1H. The van der Waals surface area contributed by atoms with Crippen LogP contribution in [0.2, 0.25) is 0 Å². The van der Waals surface area contributed by atoms with E-state index >= 15 is 0 Å². The summed E-state index contributed by atoms with van der Waals surface area (Å²) >= 11 is 0. The number of H-pyrrole nitrogens is 1. The van der Waals surface area contributed by atoms with E-state index in [-0.39, 0.29) is 24.2 Å². The lowest BCUT2D eigenvalue weighted by Crippen LogP contribution is -2.44. The fraction of sp³-hybridized carbons (Fsp3) is 0.400. The van der Waals surface area contributed by atoms with Crippen molar-refractivity contribution in [1.82, 2.24) is 9.88 Å². The Balaban J connectivity index is 0.00000306. The number of nitrogens with zero attached hydrogens (tertiary/aromatic N) is 1. The number of primary amides is 1. The zero-order chi connectivity index (χ0) is 22.7. The third-order valence-corrected chi connectivity index (χ3v) is 6.24. The second-order valence-corrected chi connectivity index (χ2v) is 8.27. The molecule has 2 heterocycles. The molecule has 178 valence electrons. The van der Waals surface area contributed by atoms with E-state index in [9.17, 15) is 9.18 Å². The highest BCUT2D eigenvalue weighted by Crippen LogP contribution is 2.33. The number of carbonyl (C=O) groups is 1. The molecule has 0 saturated heterocycles. The molecule has 2 aromatic carbocycles. The highest BCUT2D eigenvalue weighted by Gasteiger charge is 2.30. The molecule has 8 heteroatoms. The summed E-state index contributed by atoms with van der Waals surface area (Å²) in [4.78, 5) is 17.6. The SMILES string of the molecule is CCCN(CCCc1c[nH]c2c(OC)cccc12)C1COc2c(F)ccc(C(N)=O)c2C1.Cl. The number of benzene rings is 2. The second-order valence-electron chi connectivity index (χ2n) is 8.27. The van der Waals surface area contributed by atoms with Gasteiger partial charge in [-0.3, -0.25) is 9.69 Å². The van der Waals surface area contributed by atoms with Crippen LogP contribution in [0.5, 0.6) is 11.5 Å². The monoisotopic (exact) mass is 475 g/mol. The largest absolute Gasteiger partial charge is 0.495 e. The van der Waals surface area contributed by atoms with Crippen molar-refractivity contribution in [3.8, 4) is 11.5 Å². The summed E-state index contributed by atoms with van der Waals surface area (Å²) in [5.74, 6) is 0.0150. The lowest BCUT2D eigenvalue weighted by atomic mass is 9.95. The van der Waals surface area contributed by atoms with Gasteiger partial charge in [0.05, 0.1) is 12.6 Å². The Morgan fingerprint density at radius 1 is 1.30 bits per heavy atom. The van der Waals surface area contributed by atoms with E-state index in [1.807, 2.05) is 12.1 Å². The maximum absolute atomic E-state index is 14.2. The van der Waals surface area contributed by atoms with E-state index in [4.69, 9.17) is 15.2 Å². The van der Waals surface area contributed by atoms with Gasteiger partial charge < -0.3 is 20.2 Å². The number of halogens is 2. The van der Waals surface area contributed by atoms with Gasteiger partial charge >= 0.3 is 0 Å². The molecule has 0 saturated carbocycles. The van der Waals surface area contributed by atoms with Crippen molar-refractivity contribution < 1.29 is 18.7 Å². The lowest BCUT2D eigenvalue weighted by Gasteiger charge is -2.35. The Bertz CT molecular complexity index is 1120. The van der Waals surface area contributed by atoms with Crippen molar-refractivity contribution in [3.05, 3.63) is 59.0 Å². The van der Waals surface area contributed by atoms with Crippen molar-refractivity contribution in [2.75, 3.05) is 26.8 Å². The summed E-state index contributed by atoms with van der Waals surface area (Å²) in [6, 6.07) is 8.85. The van der Waals surface area contributed by atoms with Crippen molar-refractivity contribution in [2.24, 2.45) is 5.73 Å². The molecule has 33 heavy (non-hydrogen) atoms. The van der Waals surface area contributed by atoms with Crippen molar-refractivity contribution in [2.45, 2.75) is 38.6 Å². The first-order valence-electron chi connectivity index (χ1n) is 11.1. The maximum Gasteiger partial charge on any atom is 0.249 e. The van der Waals surface area contributed by atoms with Crippen LogP contribution in [0.15, 0.2) is 36.5 Å². The smallest absolute Gasteiger partial charge is 0.249 e. The molecule has 1 aliphatic rings. The minimum atomic E-state index is -0.553. The number of aromatic amines is 1. The summed E-state index contributed by atoms with van der Waals surface area (Å²) < 4.78 is 25.5. The van der Waals surface area contributed by atoms with Gasteiger partial charge in [0, 0.05) is 28.8 Å². The van der Waals surface area contributed by atoms with Crippen LogP contribution in [-0.4, -0.2) is 48.6 Å². The number of aromatic nitrogens is 1. The van der Waals surface area contributed by atoms with Crippen LogP contribution in [0.4, 0.5) is 4.39 Å². The van der Waals surface area contributed by atoms with E-state index in [2.05, 4.69) is 29.1 Å². The minimum Gasteiger partial charge on any atom is -0.495 e. The Kier molecular flexibility index (Phi) is 8.21. The molecule has 3 aromatic rings. The van der Waals surface area contributed by atoms with Crippen LogP contribution in [0.3, 0.4) is 0 Å². The third-order valence-electron chi connectivity index (χ3n) is 6.24. The van der Waals surface area contributed by atoms with E-state index < -0.39 is 11.7 Å². The van der Waals surface area contributed by atoms with Crippen molar-refractivity contribution in [1.29, 1.82) is 0 Å². The lowest BCUT2D eigenvalue weighted by molar-refractivity contribution is 0.0984. The molecule has 1 unspecified atom stereocenters. The molecule has 6 nitrogen and oxygen atoms in total. The quantitative estimate of drug-likeness (QED) is 0.478. The predicted molar refractivity (Wildman–Crippen MR) is 130 cm³/mol. The number of hydrogen-bond acceptors (Lipinski definition) is 4. The first kappa shape index (κ1) is 24.9. The van der Waals surface area contributed by atoms with Gasteiger partial charge in [0.15, 0.2) is 11.6 Å². The van der Waals surface area contributed by atoms with Gasteiger partial charge in [0.25, 0.3) is 0 Å². The Morgan fingerprint density at radius 3 is 2.85 bits per heavy atom. The highest BCUT2D eigenvalue weighted by atomic mass is 35.5. The van der Waals surface area contributed by atoms with Gasteiger partial charge in [-0.05, 0) is 62.5 Å². The summed E-state index contributed by atoms with van der Waals surface area (Å²) in [6.07, 6.45) is 5.51. The second kappa shape index (κ2) is 10.9. The molecule has 3 N–H and O–H groups in total. The fourth-order valence-electron chi connectivity index (χ4n) is 4.70. The van der Waals surface area contributed by atoms with E-state index in [0.717, 1.165) is 43.6 Å². The molecular formula is C25H31ClFN3O3. The van der Waals surface area contributed by atoms with Gasteiger partial charge in [-0.2, -0.15) is 0 Å². The Labute approximate surface area is 199 Å². The molecule has 1 atom stereocenters. The molecule has 1 aliphatic heterocycles. The average Bonchev–Trinajstić information content (AvgIpc) is 3.21. The number of nitrogens with one attached hydrogen (secondary N) is 1. The van der Waals surface area contributed by atoms with Crippen molar-refractivity contribution in [3.63, 3.8) is 0 Å². The molecule has 0 radical (unpaired) electrons. The first-order chi connectivity index (χ1) is 15.5. The van der Waals surface area contributed by atoms with Crippen LogP contribution >= 0.6 is 12.4 Å². The van der Waals surface area contributed by atoms with Crippen LogP contribution in [0.1, 0.15) is 41.3 Å². The molecule has 0 aliphatic carbocycles. The molecule has 0 fully saturated rings. The number of hydrogen-bond donors (Lipinski definition) is 2. The minimum absolute atomic E-state index is 0. The van der Waals surface area contributed by atoms with Crippen LogP contribution in [0, 0.1) is 5.82 Å². The van der Waals surface area contributed by atoms with E-state index in [0.29, 0.717) is 24.2 Å². The molecule has 0 bridgehead atoms. The molecule has 1 aromatic heterocycles. The van der Waals surface area contributed by atoms with Gasteiger partial charge in [0.1, 0.15) is 12.4 Å².